The van der Waals surface area contributed by atoms with Gasteiger partial charge in [0.15, 0.2) is 0 Å². The fraction of sp³-hybridized carbons (Fsp3) is 0.300. The molecule has 0 radical (unpaired) electrons. The number of esters is 2. The molecule has 132 valence electrons. The van der Waals surface area contributed by atoms with Gasteiger partial charge in [0.05, 0.1) is 19.8 Å². The van der Waals surface area contributed by atoms with E-state index < -0.39 is 11.9 Å². The molecule has 1 aromatic rings. The quantitative estimate of drug-likeness (QED) is 0.741. The van der Waals surface area contributed by atoms with Gasteiger partial charge in [-0.3, -0.25) is 0 Å². The highest BCUT2D eigenvalue weighted by Crippen LogP contribution is 2.26. The first-order chi connectivity index (χ1) is 12.1. The maximum atomic E-state index is 12.3. The molecule has 0 N–H and O–H groups in total. The number of carbonyl (C=O) groups excluding carboxylic acids is 2. The van der Waals surface area contributed by atoms with E-state index in [1.807, 2.05) is 24.3 Å². The molecule has 0 unspecified atom stereocenters. The molecule has 0 atom stereocenters. The minimum atomic E-state index is -0.605. The van der Waals surface area contributed by atoms with Crippen LogP contribution in [0.4, 0.5) is 5.69 Å². The van der Waals surface area contributed by atoms with Crippen molar-refractivity contribution in [3.8, 4) is 0 Å². The molecule has 1 heterocycles. The summed E-state index contributed by atoms with van der Waals surface area (Å²) < 4.78 is 9.69. The van der Waals surface area contributed by atoms with Crippen LogP contribution in [0.1, 0.15) is 25.3 Å². The number of nitrogens with zero attached hydrogens (tertiary/aromatic N) is 1. The summed E-state index contributed by atoms with van der Waals surface area (Å²) in [6.45, 7) is 2.16. The third-order valence-electron chi connectivity index (χ3n) is 3.92. The van der Waals surface area contributed by atoms with Crippen molar-refractivity contribution in [2.24, 2.45) is 0 Å². The summed E-state index contributed by atoms with van der Waals surface area (Å²) in [5.74, 6) is -1.20. The number of anilines is 1. The second-order valence-corrected chi connectivity index (χ2v) is 5.59. The number of rotatable bonds is 6. The van der Waals surface area contributed by atoms with Crippen molar-refractivity contribution >= 4 is 17.6 Å². The van der Waals surface area contributed by atoms with Crippen LogP contribution < -0.4 is 4.90 Å². The van der Waals surface area contributed by atoms with E-state index in [1.165, 1.54) is 19.8 Å². The molecule has 1 aromatic carbocycles. The molecular weight excluding hydrogens is 318 g/mol. The van der Waals surface area contributed by atoms with Gasteiger partial charge < -0.3 is 14.4 Å². The van der Waals surface area contributed by atoms with Crippen molar-refractivity contribution in [1.82, 2.24) is 0 Å². The van der Waals surface area contributed by atoms with Crippen molar-refractivity contribution in [2.45, 2.75) is 26.2 Å². The van der Waals surface area contributed by atoms with Crippen LogP contribution in [0.15, 0.2) is 60.0 Å². The summed E-state index contributed by atoms with van der Waals surface area (Å²) in [6, 6.07) is 7.92. The van der Waals surface area contributed by atoms with Crippen LogP contribution in [0, 0.1) is 0 Å². The molecule has 0 saturated heterocycles. The highest BCUT2D eigenvalue weighted by Gasteiger charge is 2.27. The van der Waals surface area contributed by atoms with Crippen molar-refractivity contribution in [2.75, 3.05) is 19.1 Å². The molecule has 25 heavy (non-hydrogen) atoms. The lowest BCUT2D eigenvalue weighted by molar-refractivity contribution is -0.139. The summed E-state index contributed by atoms with van der Waals surface area (Å²) in [5.41, 5.74) is 2.27. The highest BCUT2D eigenvalue weighted by molar-refractivity contribution is 6.05. The van der Waals surface area contributed by atoms with Gasteiger partial charge in [0.2, 0.25) is 0 Å². The van der Waals surface area contributed by atoms with Crippen LogP contribution in [0.2, 0.25) is 0 Å². The Bertz CT molecular complexity index is 714. The summed E-state index contributed by atoms with van der Waals surface area (Å²) in [4.78, 5) is 26.1. The molecule has 0 aliphatic carbocycles. The molecular formula is C20H23NO4. The van der Waals surface area contributed by atoms with Gasteiger partial charge in [-0.1, -0.05) is 31.6 Å². The van der Waals surface area contributed by atoms with Crippen LogP contribution >= 0.6 is 0 Å². The van der Waals surface area contributed by atoms with E-state index in [2.05, 4.69) is 6.92 Å². The van der Waals surface area contributed by atoms with Crippen molar-refractivity contribution < 1.29 is 19.1 Å². The second-order valence-electron chi connectivity index (χ2n) is 5.59. The summed E-state index contributed by atoms with van der Waals surface area (Å²) in [5, 5.41) is 0. The maximum absolute atomic E-state index is 12.3. The average molecular weight is 341 g/mol. The van der Waals surface area contributed by atoms with Gasteiger partial charge >= 0.3 is 11.9 Å². The zero-order chi connectivity index (χ0) is 18.2. The number of hydrogen-bond donors (Lipinski definition) is 0. The summed E-state index contributed by atoms with van der Waals surface area (Å²) >= 11 is 0. The van der Waals surface area contributed by atoms with Gasteiger partial charge in [-0.15, -0.1) is 0 Å². The molecule has 0 saturated carbocycles. The minimum absolute atomic E-state index is 0.126. The largest absolute Gasteiger partial charge is 0.465 e. The van der Waals surface area contributed by atoms with Crippen molar-refractivity contribution in [3.05, 3.63) is 65.5 Å². The van der Waals surface area contributed by atoms with Crippen LogP contribution in [0.25, 0.3) is 0 Å². The fourth-order valence-corrected chi connectivity index (χ4v) is 2.57. The van der Waals surface area contributed by atoms with E-state index >= 15 is 0 Å². The van der Waals surface area contributed by atoms with Gasteiger partial charge in [-0.2, -0.15) is 0 Å². The maximum Gasteiger partial charge on any atom is 0.355 e. The first kappa shape index (κ1) is 18.5. The molecule has 0 spiro atoms. The molecule has 5 heteroatoms. The van der Waals surface area contributed by atoms with Gasteiger partial charge in [0.25, 0.3) is 0 Å². The minimum Gasteiger partial charge on any atom is -0.465 e. The fourth-order valence-electron chi connectivity index (χ4n) is 2.57. The SMILES string of the molecule is CCCCc1ccc(N2C=CC=CC(C(=O)OC)=C2C(=O)OC)cc1. The summed E-state index contributed by atoms with van der Waals surface area (Å²) in [6.07, 6.45) is 9.99. The predicted octanol–water partition coefficient (Wildman–Crippen LogP) is 3.52. The Morgan fingerprint density at radius 2 is 1.68 bits per heavy atom. The monoisotopic (exact) mass is 341 g/mol. The number of hydrogen-bond acceptors (Lipinski definition) is 5. The van der Waals surface area contributed by atoms with E-state index in [9.17, 15) is 9.59 Å². The Morgan fingerprint density at radius 3 is 2.28 bits per heavy atom. The van der Waals surface area contributed by atoms with Crippen LogP contribution in [0.5, 0.6) is 0 Å². The number of ether oxygens (including phenoxy) is 2. The zero-order valence-electron chi connectivity index (χ0n) is 14.8. The first-order valence-electron chi connectivity index (χ1n) is 8.26. The third-order valence-corrected chi connectivity index (χ3v) is 3.92. The molecule has 0 fully saturated rings. The van der Waals surface area contributed by atoms with E-state index in [0.29, 0.717) is 0 Å². The van der Waals surface area contributed by atoms with Gasteiger partial charge in [0.1, 0.15) is 5.70 Å². The molecule has 0 amide bonds. The lowest BCUT2D eigenvalue weighted by atomic mass is 10.1. The van der Waals surface area contributed by atoms with E-state index in [-0.39, 0.29) is 11.3 Å². The number of allylic oxidation sites excluding steroid dienone is 2. The van der Waals surface area contributed by atoms with Crippen LogP contribution in [0.3, 0.4) is 0 Å². The molecule has 0 bridgehead atoms. The summed E-state index contributed by atoms with van der Waals surface area (Å²) in [7, 11) is 2.57. The number of aryl methyl sites for hydroxylation is 1. The Labute approximate surface area is 148 Å². The lowest BCUT2D eigenvalue weighted by Gasteiger charge is -2.23. The third kappa shape index (κ3) is 4.38. The number of unbranched alkanes of at least 4 members (excludes halogenated alkanes) is 1. The number of methoxy groups -OCH3 is 2. The van der Waals surface area contributed by atoms with Gasteiger partial charge in [-0.05, 0) is 42.7 Å². The first-order valence-corrected chi connectivity index (χ1v) is 8.26. The second kappa shape index (κ2) is 8.87. The number of carbonyl (C=O) groups is 2. The lowest BCUT2D eigenvalue weighted by Crippen LogP contribution is -2.26. The van der Waals surface area contributed by atoms with E-state index in [4.69, 9.17) is 9.47 Å². The van der Waals surface area contributed by atoms with Crippen LogP contribution in [-0.4, -0.2) is 26.2 Å². The number of benzene rings is 1. The standard InChI is InChI=1S/C20H23NO4/c1-4-5-8-15-10-12-16(13-11-15)21-14-7-6-9-17(19(22)24-2)18(21)20(23)25-3/h6-7,9-14H,4-5,8H2,1-3H3. The molecule has 5 nitrogen and oxygen atoms in total. The van der Waals surface area contributed by atoms with Gasteiger partial charge in [-0.25, -0.2) is 9.59 Å². The van der Waals surface area contributed by atoms with Gasteiger partial charge in [0, 0.05) is 11.9 Å². The predicted molar refractivity (Wildman–Crippen MR) is 96.9 cm³/mol. The van der Waals surface area contributed by atoms with Crippen LogP contribution in [-0.2, 0) is 25.5 Å². The van der Waals surface area contributed by atoms with E-state index in [1.54, 1.807) is 29.3 Å². The Morgan fingerprint density at radius 1 is 1.00 bits per heavy atom. The zero-order valence-corrected chi connectivity index (χ0v) is 14.8. The van der Waals surface area contributed by atoms with Crippen molar-refractivity contribution in [1.29, 1.82) is 0 Å². The Hall–Kier alpha value is -2.82. The normalized spacial score (nSPS) is 13.6. The molecule has 1 aliphatic heterocycles. The smallest absolute Gasteiger partial charge is 0.355 e. The molecule has 1 aliphatic rings. The Kier molecular flexibility index (Phi) is 6.57. The van der Waals surface area contributed by atoms with E-state index in [0.717, 1.165) is 24.9 Å². The van der Waals surface area contributed by atoms with Crippen molar-refractivity contribution in [3.63, 3.8) is 0 Å². The molecule has 0 aromatic heterocycles. The molecule has 2 rings (SSSR count). The highest BCUT2D eigenvalue weighted by atomic mass is 16.5. The average Bonchev–Trinajstić information content (AvgIpc) is 2.88. The topological polar surface area (TPSA) is 55.8 Å². The Balaban J connectivity index is 2.45.